The molecule has 3 aliphatic rings. The summed E-state index contributed by atoms with van der Waals surface area (Å²) in [4.78, 5) is 28.3. The van der Waals surface area contributed by atoms with Gasteiger partial charge in [-0.25, -0.2) is 4.79 Å². The first-order valence-electron chi connectivity index (χ1n) is 13.9. The monoisotopic (exact) mass is 583 g/mol. The lowest BCUT2D eigenvalue weighted by Crippen LogP contribution is -2.54. The van der Waals surface area contributed by atoms with Crippen LogP contribution in [-0.4, -0.2) is 53.0 Å². The molecule has 12 heteroatoms. The highest BCUT2D eigenvalue weighted by Crippen LogP contribution is 2.54. The predicted molar refractivity (Wildman–Crippen MR) is 146 cm³/mol. The van der Waals surface area contributed by atoms with Gasteiger partial charge in [-0.3, -0.25) is 9.69 Å². The molecule has 0 unspecified atom stereocenters. The number of aryl methyl sites for hydroxylation is 1. The maximum absolute atomic E-state index is 14.3. The zero-order valence-corrected chi connectivity index (χ0v) is 23.6. The lowest BCUT2D eigenvalue weighted by Gasteiger charge is -2.51. The Bertz CT molecular complexity index is 1590. The fourth-order valence-corrected chi connectivity index (χ4v) is 7.08. The maximum atomic E-state index is 14.3. The number of hydrogen-bond donors (Lipinski definition) is 2. The number of carbonyl (C=O) groups is 2. The van der Waals surface area contributed by atoms with Gasteiger partial charge < -0.3 is 19.7 Å². The topological polar surface area (TPSA) is 112 Å². The van der Waals surface area contributed by atoms with E-state index in [2.05, 4.69) is 10.2 Å². The highest BCUT2D eigenvalue weighted by atomic mass is 19.4. The van der Waals surface area contributed by atoms with Crippen molar-refractivity contribution < 1.29 is 33.0 Å². The Kier molecular flexibility index (Phi) is 6.23. The van der Waals surface area contributed by atoms with Crippen molar-refractivity contribution in [2.24, 2.45) is 7.05 Å². The number of hydrogen-bond acceptors (Lipinski definition) is 5. The molecule has 2 fully saturated rings. The number of nitrogens with zero attached hydrogens (tertiary/aromatic N) is 5. The molecule has 2 heterocycles. The van der Waals surface area contributed by atoms with E-state index >= 15 is 0 Å². The van der Waals surface area contributed by atoms with Gasteiger partial charge in [0.25, 0.3) is 5.91 Å². The van der Waals surface area contributed by atoms with Gasteiger partial charge in [0, 0.05) is 30.4 Å². The second-order valence-corrected chi connectivity index (χ2v) is 12.5. The normalized spacial score (nSPS) is 24.6. The van der Waals surface area contributed by atoms with Crippen molar-refractivity contribution in [3.8, 4) is 0 Å². The summed E-state index contributed by atoms with van der Waals surface area (Å²) in [6, 6.07) is 9.42. The molecule has 1 aliphatic heterocycles. The first-order valence-corrected chi connectivity index (χ1v) is 13.9. The van der Waals surface area contributed by atoms with E-state index in [4.69, 9.17) is 0 Å². The molecule has 2 amide bonds. The van der Waals surface area contributed by atoms with Crippen LogP contribution < -0.4 is 4.90 Å². The molecule has 2 aliphatic carbocycles. The summed E-state index contributed by atoms with van der Waals surface area (Å²) < 4.78 is 44.8. The van der Waals surface area contributed by atoms with Gasteiger partial charge in [0.15, 0.2) is 0 Å². The number of halogens is 3. The number of carbonyl (C=O) groups excluding carboxylic acids is 1. The molecule has 2 saturated carbocycles. The van der Waals surface area contributed by atoms with E-state index in [-0.39, 0.29) is 29.8 Å². The number of benzene rings is 2. The summed E-state index contributed by atoms with van der Waals surface area (Å²) in [5, 5.41) is 28.8. The second-order valence-electron chi connectivity index (χ2n) is 12.5. The van der Waals surface area contributed by atoms with Crippen LogP contribution in [0.15, 0.2) is 42.7 Å². The Hall–Kier alpha value is -3.93. The van der Waals surface area contributed by atoms with E-state index in [1.807, 2.05) is 13.1 Å². The van der Waals surface area contributed by atoms with Gasteiger partial charge in [-0.1, -0.05) is 12.1 Å². The molecule has 2 N–H and O–H groups in total. The highest BCUT2D eigenvalue weighted by molar-refractivity contribution is 6.10. The van der Waals surface area contributed by atoms with Crippen LogP contribution in [0.3, 0.4) is 0 Å². The van der Waals surface area contributed by atoms with Gasteiger partial charge in [-0.2, -0.15) is 13.2 Å². The Labute approximate surface area is 240 Å². The minimum Gasteiger partial charge on any atom is -0.465 e. The van der Waals surface area contributed by atoms with Crippen molar-refractivity contribution in [3.05, 3.63) is 76.4 Å². The van der Waals surface area contributed by atoms with E-state index in [0.29, 0.717) is 37.2 Å². The number of fused-ring (bicyclic) bond motifs is 1. The zero-order chi connectivity index (χ0) is 30.2. The van der Waals surface area contributed by atoms with Crippen molar-refractivity contribution in [1.82, 2.24) is 19.7 Å². The van der Waals surface area contributed by atoms with E-state index in [1.165, 1.54) is 15.9 Å². The maximum Gasteiger partial charge on any atom is 0.416 e. The third-order valence-electron chi connectivity index (χ3n) is 9.28. The number of rotatable bonds is 6. The number of anilines is 1. The molecular weight excluding hydrogens is 551 g/mol. The first-order chi connectivity index (χ1) is 19.6. The molecular formula is C30H32F3N5O4. The highest BCUT2D eigenvalue weighted by Gasteiger charge is 2.56. The summed E-state index contributed by atoms with van der Waals surface area (Å²) in [6.45, 7) is 3.00. The van der Waals surface area contributed by atoms with Crippen molar-refractivity contribution in [3.63, 3.8) is 0 Å². The Morgan fingerprint density at radius 2 is 1.86 bits per heavy atom. The largest absolute Gasteiger partial charge is 0.465 e. The number of amides is 2. The van der Waals surface area contributed by atoms with Crippen molar-refractivity contribution >= 4 is 17.7 Å². The van der Waals surface area contributed by atoms with E-state index < -0.39 is 40.3 Å². The van der Waals surface area contributed by atoms with Crippen LogP contribution in [0.2, 0.25) is 0 Å². The first kappa shape index (κ1) is 28.2. The molecule has 0 bridgehead atoms. The molecule has 6 rings (SSSR count). The lowest BCUT2D eigenvalue weighted by atomic mass is 9.56. The van der Waals surface area contributed by atoms with Crippen molar-refractivity contribution in [2.45, 2.75) is 81.8 Å². The minimum absolute atomic E-state index is 0.0797. The lowest BCUT2D eigenvalue weighted by molar-refractivity contribution is -0.138. The summed E-state index contributed by atoms with van der Waals surface area (Å²) in [7, 11) is 1.81. The fourth-order valence-electron chi connectivity index (χ4n) is 7.08. The molecule has 2 aromatic carbocycles. The Morgan fingerprint density at radius 3 is 2.40 bits per heavy atom. The molecule has 3 aromatic rings. The molecule has 222 valence electrons. The quantitative estimate of drug-likeness (QED) is 0.410. The zero-order valence-electron chi connectivity index (χ0n) is 23.6. The Balaban J connectivity index is 1.37. The van der Waals surface area contributed by atoms with Gasteiger partial charge >= 0.3 is 12.3 Å². The smallest absolute Gasteiger partial charge is 0.416 e. The summed E-state index contributed by atoms with van der Waals surface area (Å²) in [5.74, 6) is 0.0638. The van der Waals surface area contributed by atoms with E-state index in [1.54, 1.807) is 42.9 Å². The van der Waals surface area contributed by atoms with Crippen LogP contribution in [0, 0.1) is 0 Å². The molecule has 0 saturated heterocycles. The molecule has 0 spiro atoms. The number of aromatic nitrogens is 3. The van der Waals surface area contributed by atoms with Crippen LogP contribution in [0.1, 0.15) is 84.4 Å². The fraction of sp³-hybridized carbons (Fsp3) is 0.467. The summed E-state index contributed by atoms with van der Waals surface area (Å²) in [5.41, 5.74) is -2.08. The number of carboxylic acid groups (broad SMARTS) is 1. The van der Waals surface area contributed by atoms with Gasteiger partial charge in [0.1, 0.15) is 12.2 Å². The molecule has 0 atom stereocenters. The average Bonchev–Trinajstić information content (AvgIpc) is 3.46. The third kappa shape index (κ3) is 4.43. The van der Waals surface area contributed by atoms with Crippen LogP contribution >= 0.6 is 0 Å². The van der Waals surface area contributed by atoms with Crippen molar-refractivity contribution in [1.29, 1.82) is 0 Å². The van der Waals surface area contributed by atoms with Gasteiger partial charge in [0.05, 0.1) is 23.1 Å². The number of aliphatic hydroxyl groups is 1. The van der Waals surface area contributed by atoms with Crippen LogP contribution in [0.25, 0.3) is 0 Å². The van der Waals surface area contributed by atoms with Crippen LogP contribution in [-0.2, 0) is 31.7 Å². The SMILES string of the molecule is Cn1cnnc1C1(c2cccc(N3Cc4c(cc(CN(C(=O)O)C5(C)CCC5)cc4C(F)(F)F)C3=O)c2)CC(C)(O)C1. The van der Waals surface area contributed by atoms with Gasteiger partial charge in [-0.05, 0) is 86.9 Å². The van der Waals surface area contributed by atoms with Gasteiger partial charge in [0.2, 0.25) is 0 Å². The summed E-state index contributed by atoms with van der Waals surface area (Å²) >= 11 is 0. The Morgan fingerprint density at radius 1 is 1.14 bits per heavy atom. The third-order valence-corrected chi connectivity index (χ3v) is 9.28. The minimum atomic E-state index is -4.74. The molecule has 1 aromatic heterocycles. The van der Waals surface area contributed by atoms with E-state index in [0.717, 1.165) is 18.1 Å². The average molecular weight is 584 g/mol. The molecule has 9 nitrogen and oxygen atoms in total. The van der Waals surface area contributed by atoms with Crippen molar-refractivity contribution in [2.75, 3.05) is 4.90 Å². The second kappa shape index (κ2) is 9.29. The van der Waals surface area contributed by atoms with Crippen LogP contribution in [0.5, 0.6) is 0 Å². The molecule has 42 heavy (non-hydrogen) atoms. The van der Waals surface area contributed by atoms with Crippen LogP contribution in [0.4, 0.5) is 23.7 Å². The number of alkyl halides is 3. The molecule has 0 radical (unpaired) electrons. The summed E-state index contributed by atoms with van der Waals surface area (Å²) in [6.07, 6.45) is -1.53. The standard InChI is InChI=1S/C30H32F3N5O4/c1-27(8-5-9-27)38(26(40)41)13-18-10-21-22(23(11-18)30(31,32)33)14-37(24(21)39)20-7-4-6-19(12-20)29(15-28(2,42)16-29)25-35-34-17-36(25)3/h4,6-7,10-12,17,42H,5,8-9,13-16H2,1-3H3,(H,40,41). The van der Waals surface area contributed by atoms with E-state index in [9.17, 15) is 33.0 Å². The predicted octanol–water partition coefficient (Wildman–Crippen LogP) is 5.25. The van der Waals surface area contributed by atoms with Gasteiger partial charge in [-0.15, -0.1) is 10.2 Å².